The molecule has 2 nitrogen and oxygen atoms in total. The molecule has 3 heteroatoms. The second-order valence-corrected chi connectivity index (χ2v) is 6.21. The summed E-state index contributed by atoms with van der Waals surface area (Å²) in [5.41, 5.74) is 2.47. The summed E-state index contributed by atoms with van der Waals surface area (Å²) in [5, 5.41) is 4.64. The first-order valence-corrected chi connectivity index (χ1v) is 7.77. The molecule has 0 atom stereocenters. The molecule has 0 saturated heterocycles. The zero-order chi connectivity index (χ0) is 13.7. The zero-order valence-corrected chi connectivity index (χ0v) is 12.8. The minimum absolute atomic E-state index is 0.654. The lowest BCUT2D eigenvalue weighted by atomic mass is 10.1. The van der Waals surface area contributed by atoms with Gasteiger partial charge in [0.25, 0.3) is 0 Å². The number of benzene rings is 1. The molecule has 2 aromatic rings. The fraction of sp³-hybridized carbons (Fsp3) is 0.438. The number of nitrogens with zero attached hydrogens (tertiary/aromatic N) is 1. The van der Waals surface area contributed by atoms with Crippen LogP contribution in [0.15, 0.2) is 30.3 Å². The molecule has 0 fully saturated rings. The first kappa shape index (κ1) is 14.2. The van der Waals surface area contributed by atoms with Crippen LogP contribution in [0, 0.1) is 5.92 Å². The molecule has 0 radical (unpaired) electrons. The van der Waals surface area contributed by atoms with E-state index in [0.717, 1.165) is 19.5 Å². The Morgan fingerprint density at radius 3 is 2.58 bits per heavy atom. The molecule has 0 aliphatic rings. The van der Waals surface area contributed by atoms with Gasteiger partial charge in [0.1, 0.15) is 0 Å². The molecular formula is C16H22N2S. The second-order valence-electron chi connectivity index (χ2n) is 5.13. The van der Waals surface area contributed by atoms with Crippen molar-refractivity contribution in [3.63, 3.8) is 0 Å². The molecule has 102 valence electrons. The Morgan fingerprint density at radius 2 is 1.95 bits per heavy atom. The number of hydrogen-bond acceptors (Lipinski definition) is 3. The summed E-state index contributed by atoms with van der Waals surface area (Å²) in [5.74, 6) is 0.654. The minimum atomic E-state index is 0.654. The van der Waals surface area contributed by atoms with Gasteiger partial charge in [0.15, 0.2) is 0 Å². The van der Waals surface area contributed by atoms with E-state index in [4.69, 9.17) is 4.98 Å². The van der Waals surface area contributed by atoms with Crippen LogP contribution in [0.5, 0.6) is 0 Å². The Morgan fingerprint density at radius 1 is 1.21 bits per heavy atom. The topological polar surface area (TPSA) is 24.9 Å². The maximum Gasteiger partial charge on any atom is 0.0937 e. The lowest BCUT2D eigenvalue weighted by molar-refractivity contribution is 0.639. The molecule has 1 aromatic heterocycles. The van der Waals surface area contributed by atoms with Gasteiger partial charge >= 0.3 is 0 Å². The molecular weight excluding hydrogens is 252 g/mol. The van der Waals surface area contributed by atoms with E-state index >= 15 is 0 Å². The summed E-state index contributed by atoms with van der Waals surface area (Å²) >= 11 is 1.84. The van der Waals surface area contributed by atoms with E-state index in [1.165, 1.54) is 21.1 Å². The van der Waals surface area contributed by atoms with Crippen LogP contribution in [0.3, 0.4) is 0 Å². The van der Waals surface area contributed by atoms with Gasteiger partial charge in [0.05, 0.1) is 15.6 Å². The maximum absolute atomic E-state index is 4.82. The third-order valence-corrected chi connectivity index (χ3v) is 4.07. The summed E-state index contributed by atoms with van der Waals surface area (Å²) in [7, 11) is 0. The Labute approximate surface area is 119 Å². The van der Waals surface area contributed by atoms with Crippen LogP contribution in [-0.2, 0) is 13.0 Å². The fourth-order valence-electron chi connectivity index (χ4n) is 2.02. The molecule has 2 rings (SSSR count). The number of hydrogen-bond donors (Lipinski definition) is 1. The highest BCUT2D eigenvalue weighted by Gasteiger charge is 2.13. The number of aromatic nitrogens is 1. The van der Waals surface area contributed by atoms with Crippen LogP contribution in [0.2, 0.25) is 0 Å². The first-order chi connectivity index (χ1) is 9.20. The van der Waals surface area contributed by atoms with Crippen LogP contribution in [0.4, 0.5) is 0 Å². The third-order valence-electron chi connectivity index (χ3n) is 2.90. The van der Waals surface area contributed by atoms with Crippen molar-refractivity contribution in [3.05, 3.63) is 41.0 Å². The number of nitrogens with one attached hydrogen (secondary N) is 1. The Balaban J connectivity index is 2.31. The van der Waals surface area contributed by atoms with E-state index in [2.05, 4.69) is 56.4 Å². The summed E-state index contributed by atoms with van der Waals surface area (Å²) in [4.78, 5) is 6.14. The van der Waals surface area contributed by atoms with Crippen molar-refractivity contribution in [2.45, 2.75) is 33.7 Å². The minimum Gasteiger partial charge on any atom is -0.311 e. The van der Waals surface area contributed by atoms with E-state index in [1.807, 2.05) is 11.3 Å². The summed E-state index contributed by atoms with van der Waals surface area (Å²) in [6.45, 7) is 8.45. The number of rotatable bonds is 6. The molecule has 0 unspecified atom stereocenters. The van der Waals surface area contributed by atoms with Crippen molar-refractivity contribution in [2.75, 3.05) is 6.54 Å². The molecule has 1 N–H and O–H groups in total. The van der Waals surface area contributed by atoms with Crippen molar-refractivity contribution in [1.29, 1.82) is 0 Å². The molecule has 0 aliphatic heterocycles. The van der Waals surface area contributed by atoms with Gasteiger partial charge in [-0.05, 0) is 18.0 Å². The van der Waals surface area contributed by atoms with E-state index in [1.54, 1.807) is 0 Å². The van der Waals surface area contributed by atoms with Gasteiger partial charge in [-0.15, -0.1) is 11.3 Å². The standard InChI is InChI=1S/C16H22N2S/c1-4-17-11-14-16(13-8-6-5-7-9-13)19-15(18-14)10-12(2)3/h5-9,12,17H,4,10-11H2,1-3H3. The van der Waals surface area contributed by atoms with Crippen molar-refractivity contribution in [2.24, 2.45) is 5.92 Å². The van der Waals surface area contributed by atoms with Crippen molar-refractivity contribution in [1.82, 2.24) is 10.3 Å². The highest BCUT2D eigenvalue weighted by atomic mass is 32.1. The number of thiazole rings is 1. The van der Waals surface area contributed by atoms with Gasteiger partial charge in [0, 0.05) is 13.0 Å². The SMILES string of the molecule is CCNCc1nc(CC(C)C)sc1-c1ccccc1. The van der Waals surface area contributed by atoms with Gasteiger partial charge in [-0.2, -0.15) is 0 Å². The largest absolute Gasteiger partial charge is 0.311 e. The normalized spacial score (nSPS) is 11.2. The smallest absolute Gasteiger partial charge is 0.0937 e. The lowest BCUT2D eigenvalue weighted by Gasteiger charge is -2.02. The van der Waals surface area contributed by atoms with E-state index in [-0.39, 0.29) is 0 Å². The molecule has 1 heterocycles. The zero-order valence-electron chi connectivity index (χ0n) is 11.9. The average Bonchev–Trinajstić information content (AvgIpc) is 2.79. The van der Waals surface area contributed by atoms with E-state index in [0.29, 0.717) is 5.92 Å². The van der Waals surface area contributed by atoms with Crippen LogP contribution >= 0.6 is 11.3 Å². The maximum atomic E-state index is 4.82. The summed E-state index contributed by atoms with van der Waals surface area (Å²) in [6, 6.07) is 10.6. The molecule has 1 aromatic carbocycles. The molecule has 0 spiro atoms. The van der Waals surface area contributed by atoms with Crippen molar-refractivity contribution < 1.29 is 0 Å². The van der Waals surface area contributed by atoms with Gasteiger partial charge in [-0.25, -0.2) is 4.98 Å². The third kappa shape index (κ3) is 3.88. The van der Waals surface area contributed by atoms with Crippen molar-refractivity contribution in [3.8, 4) is 10.4 Å². The Hall–Kier alpha value is -1.19. The molecule has 0 aliphatic carbocycles. The van der Waals surface area contributed by atoms with Crippen molar-refractivity contribution >= 4 is 11.3 Å². The first-order valence-electron chi connectivity index (χ1n) is 6.95. The second kappa shape index (κ2) is 6.83. The molecule has 0 saturated carbocycles. The van der Waals surface area contributed by atoms with E-state index in [9.17, 15) is 0 Å². The van der Waals surface area contributed by atoms with Crippen LogP contribution in [-0.4, -0.2) is 11.5 Å². The van der Waals surface area contributed by atoms with Gasteiger partial charge < -0.3 is 5.32 Å². The lowest BCUT2D eigenvalue weighted by Crippen LogP contribution is -2.12. The highest BCUT2D eigenvalue weighted by Crippen LogP contribution is 2.31. The van der Waals surface area contributed by atoms with Gasteiger partial charge in [0.2, 0.25) is 0 Å². The Kier molecular flexibility index (Phi) is 5.11. The van der Waals surface area contributed by atoms with E-state index < -0.39 is 0 Å². The molecule has 0 bridgehead atoms. The summed E-state index contributed by atoms with van der Waals surface area (Å²) < 4.78 is 0. The fourth-order valence-corrected chi connectivity index (χ4v) is 3.31. The van der Waals surface area contributed by atoms with Crippen LogP contribution in [0.25, 0.3) is 10.4 Å². The quantitative estimate of drug-likeness (QED) is 0.857. The predicted octanol–water partition coefficient (Wildman–Crippen LogP) is 4.12. The highest BCUT2D eigenvalue weighted by molar-refractivity contribution is 7.15. The molecule has 0 amide bonds. The monoisotopic (exact) mass is 274 g/mol. The average molecular weight is 274 g/mol. The van der Waals surface area contributed by atoms with Gasteiger partial charge in [-0.3, -0.25) is 0 Å². The molecule has 19 heavy (non-hydrogen) atoms. The Bertz CT molecular complexity index is 503. The summed E-state index contributed by atoms with van der Waals surface area (Å²) in [6.07, 6.45) is 1.07. The van der Waals surface area contributed by atoms with Crippen LogP contribution < -0.4 is 5.32 Å². The predicted molar refractivity (Wildman–Crippen MR) is 83.5 cm³/mol. The van der Waals surface area contributed by atoms with Gasteiger partial charge in [-0.1, -0.05) is 51.1 Å². The van der Waals surface area contributed by atoms with Crippen LogP contribution in [0.1, 0.15) is 31.5 Å².